The standard InChI is InChI=1S/C27H30N2O2S/c1-18-11-13-19(14-12-18)17-28-27(30)29-16-15-21-20-7-4-6-10-24(20)32-26(21)25(29)22-8-3-5-9-23(22)31-2/h3,5,8-9,11-14,25H,4,6-7,10,15-17H2,1-2H3,(H,28,30)/t25-/m1/s1. The van der Waals surface area contributed by atoms with Crippen LogP contribution >= 0.6 is 11.3 Å². The first-order chi connectivity index (χ1) is 15.7. The minimum atomic E-state index is -0.108. The molecule has 1 atom stereocenters. The number of carbonyl (C=O) groups excluding carboxylic acids is 1. The smallest absolute Gasteiger partial charge is 0.318 e. The Kier molecular flexibility index (Phi) is 5.92. The molecule has 32 heavy (non-hydrogen) atoms. The summed E-state index contributed by atoms with van der Waals surface area (Å²) >= 11 is 1.92. The van der Waals surface area contributed by atoms with Crippen LogP contribution in [0.5, 0.6) is 5.75 Å². The van der Waals surface area contributed by atoms with E-state index in [1.807, 2.05) is 34.4 Å². The lowest BCUT2D eigenvalue weighted by Crippen LogP contribution is -2.45. The fourth-order valence-electron chi connectivity index (χ4n) is 5.06. The lowest BCUT2D eigenvalue weighted by molar-refractivity contribution is 0.179. The van der Waals surface area contributed by atoms with Gasteiger partial charge in [0.25, 0.3) is 0 Å². The van der Waals surface area contributed by atoms with Gasteiger partial charge in [0, 0.05) is 28.4 Å². The summed E-state index contributed by atoms with van der Waals surface area (Å²) in [6.07, 6.45) is 5.83. The van der Waals surface area contributed by atoms with Crippen LogP contribution in [0.2, 0.25) is 0 Å². The molecule has 1 aliphatic heterocycles. The van der Waals surface area contributed by atoms with Gasteiger partial charge in [-0.1, -0.05) is 48.0 Å². The summed E-state index contributed by atoms with van der Waals surface area (Å²) in [5.41, 5.74) is 6.46. The summed E-state index contributed by atoms with van der Waals surface area (Å²) < 4.78 is 5.73. The molecule has 0 fully saturated rings. The van der Waals surface area contributed by atoms with E-state index in [0.717, 1.165) is 29.8 Å². The highest BCUT2D eigenvalue weighted by Gasteiger charge is 2.37. The largest absolute Gasteiger partial charge is 0.496 e. The molecule has 2 aromatic carbocycles. The molecule has 1 aromatic heterocycles. The zero-order valence-electron chi connectivity index (χ0n) is 18.8. The number of methoxy groups -OCH3 is 1. The van der Waals surface area contributed by atoms with Crippen LogP contribution in [0.15, 0.2) is 48.5 Å². The number of fused-ring (bicyclic) bond motifs is 3. The maximum Gasteiger partial charge on any atom is 0.318 e. The predicted molar refractivity (Wildman–Crippen MR) is 130 cm³/mol. The van der Waals surface area contributed by atoms with Crippen molar-refractivity contribution in [2.75, 3.05) is 13.7 Å². The first kappa shape index (κ1) is 21.1. The first-order valence-electron chi connectivity index (χ1n) is 11.5. The molecule has 0 unspecified atom stereocenters. The maximum atomic E-state index is 13.5. The molecule has 0 bridgehead atoms. The van der Waals surface area contributed by atoms with E-state index in [4.69, 9.17) is 4.74 Å². The number of hydrogen-bond acceptors (Lipinski definition) is 3. The van der Waals surface area contributed by atoms with Crippen LogP contribution in [0.1, 0.15) is 56.5 Å². The van der Waals surface area contributed by atoms with Crippen molar-refractivity contribution in [1.29, 1.82) is 0 Å². The monoisotopic (exact) mass is 446 g/mol. The number of aryl methyl sites for hydroxylation is 2. The second-order valence-electron chi connectivity index (χ2n) is 8.79. The third-order valence-electron chi connectivity index (χ3n) is 6.73. The fourth-order valence-corrected chi connectivity index (χ4v) is 6.63. The van der Waals surface area contributed by atoms with Gasteiger partial charge in [-0.2, -0.15) is 0 Å². The molecule has 0 saturated carbocycles. The molecule has 4 nitrogen and oxygen atoms in total. The molecule has 5 heteroatoms. The SMILES string of the molecule is COc1ccccc1[C@@H]1c2sc3c(c2CCN1C(=O)NCc1ccc(C)cc1)CCCC3. The minimum absolute atomic E-state index is 0.0153. The molecule has 1 N–H and O–H groups in total. The Morgan fingerprint density at radius 2 is 1.84 bits per heavy atom. The van der Waals surface area contributed by atoms with E-state index in [1.54, 1.807) is 12.7 Å². The summed E-state index contributed by atoms with van der Waals surface area (Å²) in [6.45, 7) is 3.33. The number of urea groups is 1. The average molecular weight is 447 g/mol. The van der Waals surface area contributed by atoms with Crippen molar-refractivity contribution in [2.45, 2.75) is 51.6 Å². The number of para-hydroxylation sites is 1. The predicted octanol–water partition coefficient (Wildman–Crippen LogP) is 5.80. The molecule has 2 amide bonds. The van der Waals surface area contributed by atoms with Crippen molar-refractivity contribution >= 4 is 17.4 Å². The molecule has 2 heterocycles. The van der Waals surface area contributed by atoms with Gasteiger partial charge in [0.1, 0.15) is 5.75 Å². The summed E-state index contributed by atoms with van der Waals surface area (Å²) in [7, 11) is 1.71. The van der Waals surface area contributed by atoms with Gasteiger partial charge in [0.05, 0.1) is 13.2 Å². The van der Waals surface area contributed by atoms with Gasteiger partial charge in [0.15, 0.2) is 0 Å². The number of nitrogens with one attached hydrogen (secondary N) is 1. The van der Waals surface area contributed by atoms with E-state index in [0.29, 0.717) is 6.54 Å². The molecule has 166 valence electrons. The van der Waals surface area contributed by atoms with Crippen molar-refractivity contribution in [2.24, 2.45) is 0 Å². The van der Waals surface area contributed by atoms with E-state index < -0.39 is 0 Å². The van der Waals surface area contributed by atoms with Crippen LogP contribution in [0, 0.1) is 6.92 Å². The van der Waals surface area contributed by atoms with Crippen LogP contribution < -0.4 is 10.1 Å². The van der Waals surface area contributed by atoms with Gasteiger partial charge in [-0.15, -0.1) is 11.3 Å². The normalized spacial score (nSPS) is 17.4. The molecule has 5 rings (SSSR count). The van der Waals surface area contributed by atoms with Gasteiger partial charge < -0.3 is 15.0 Å². The highest BCUT2D eigenvalue weighted by atomic mass is 32.1. The van der Waals surface area contributed by atoms with E-state index >= 15 is 0 Å². The van der Waals surface area contributed by atoms with Crippen LogP contribution in [0.25, 0.3) is 0 Å². The number of hydrogen-bond donors (Lipinski definition) is 1. The van der Waals surface area contributed by atoms with Crippen molar-refractivity contribution < 1.29 is 9.53 Å². The van der Waals surface area contributed by atoms with Crippen molar-refractivity contribution in [3.8, 4) is 5.75 Å². The van der Waals surface area contributed by atoms with Crippen molar-refractivity contribution in [3.05, 3.63) is 86.1 Å². The summed E-state index contributed by atoms with van der Waals surface area (Å²) in [5, 5.41) is 3.17. The number of benzene rings is 2. The molecule has 3 aromatic rings. The van der Waals surface area contributed by atoms with Gasteiger partial charge >= 0.3 is 6.03 Å². The first-order valence-corrected chi connectivity index (χ1v) is 12.3. The van der Waals surface area contributed by atoms with Crippen LogP contribution in [-0.4, -0.2) is 24.6 Å². The topological polar surface area (TPSA) is 41.6 Å². The average Bonchev–Trinajstić information content (AvgIpc) is 3.21. The lowest BCUT2D eigenvalue weighted by Gasteiger charge is -2.37. The molecule has 0 spiro atoms. The zero-order valence-corrected chi connectivity index (χ0v) is 19.6. The molecule has 0 radical (unpaired) electrons. The molecular weight excluding hydrogens is 416 g/mol. The second-order valence-corrected chi connectivity index (χ2v) is 9.92. The van der Waals surface area contributed by atoms with E-state index in [1.165, 1.54) is 46.6 Å². The number of nitrogens with zero attached hydrogens (tertiary/aromatic N) is 1. The van der Waals surface area contributed by atoms with E-state index in [9.17, 15) is 4.79 Å². The number of thiophene rings is 1. The quantitative estimate of drug-likeness (QED) is 0.550. The Bertz CT molecular complexity index is 1120. The highest BCUT2D eigenvalue weighted by molar-refractivity contribution is 7.12. The molecule has 2 aliphatic rings. The van der Waals surface area contributed by atoms with E-state index in [-0.39, 0.29) is 12.1 Å². The highest BCUT2D eigenvalue weighted by Crippen LogP contribution is 2.46. The van der Waals surface area contributed by atoms with Crippen LogP contribution in [-0.2, 0) is 25.8 Å². The minimum Gasteiger partial charge on any atom is -0.496 e. The van der Waals surface area contributed by atoms with Crippen molar-refractivity contribution in [3.63, 3.8) is 0 Å². The molecular formula is C27H30N2O2S. The van der Waals surface area contributed by atoms with E-state index in [2.05, 4.69) is 42.6 Å². The maximum absolute atomic E-state index is 13.5. The number of ether oxygens (including phenoxy) is 1. The Labute approximate surface area is 194 Å². The molecule has 1 aliphatic carbocycles. The molecule has 0 saturated heterocycles. The second kappa shape index (κ2) is 8.99. The Morgan fingerprint density at radius 1 is 1.06 bits per heavy atom. The lowest BCUT2D eigenvalue weighted by atomic mass is 9.88. The van der Waals surface area contributed by atoms with Crippen LogP contribution in [0.3, 0.4) is 0 Å². The summed E-state index contributed by atoms with van der Waals surface area (Å²) in [6, 6.07) is 16.4. The van der Waals surface area contributed by atoms with Gasteiger partial charge in [-0.25, -0.2) is 4.79 Å². The number of rotatable bonds is 4. The Balaban J connectivity index is 1.49. The van der Waals surface area contributed by atoms with Gasteiger partial charge in [0.2, 0.25) is 0 Å². The fraction of sp³-hybridized carbons (Fsp3) is 0.370. The third kappa shape index (κ3) is 3.90. The summed E-state index contributed by atoms with van der Waals surface area (Å²) in [5.74, 6) is 0.841. The van der Waals surface area contributed by atoms with Gasteiger partial charge in [-0.3, -0.25) is 0 Å². The number of amides is 2. The zero-order chi connectivity index (χ0) is 22.1. The van der Waals surface area contributed by atoms with Crippen molar-refractivity contribution in [1.82, 2.24) is 10.2 Å². The summed E-state index contributed by atoms with van der Waals surface area (Å²) in [4.78, 5) is 18.3. The van der Waals surface area contributed by atoms with Crippen LogP contribution in [0.4, 0.5) is 4.79 Å². The Morgan fingerprint density at radius 3 is 2.66 bits per heavy atom. The number of carbonyl (C=O) groups is 1. The third-order valence-corrected chi connectivity index (χ3v) is 8.12. The van der Waals surface area contributed by atoms with Gasteiger partial charge in [-0.05, 0) is 61.8 Å². The Hall–Kier alpha value is -2.79.